The Bertz CT molecular complexity index is 221. The summed E-state index contributed by atoms with van der Waals surface area (Å²) in [6, 6.07) is 0. The van der Waals surface area contributed by atoms with E-state index in [2.05, 4.69) is 31.0 Å². The zero-order valence-electron chi connectivity index (χ0n) is 13.0. The van der Waals surface area contributed by atoms with Crippen LogP contribution in [0.2, 0.25) is 0 Å². The number of azide groups is 1. The molecule has 0 rings (SSSR count). The predicted molar refractivity (Wildman–Crippen MR) is 85.7 cm³/mol. The van der Waals surface area contributed by atoms with E-state index >= 15 is 0 Å². The molecule has 0 unspecified atom stereocenters. The average Bonchev–Trinajstić information content (AvgIpc) is 2.66. The summed E-state index contributed by atoms with van der Waals surface area (Å²) >= 11 is 2.79. The first kappa shape index (κ1) is 34.3. The van der Waals surface area contributed by atoms with E-state index in [0.29, 0.717) is 0 Å². The minimum Gasteiger partial charge on any atom is -0.394 e. The first-order valence-electron chi connectivity index (χ1n) is 6.14. The Hall–Kier alpha value is -1.06. The number of nitrogens with zero attached hydrogens (tertiary/aromatic N) is 3. The van der Waals surface area contributed by atoms with Crippen molar-refractivity contribution in [2.24, 2.45) is 5.28 Å². The number of halogens is 1. The second-order valence-corrected chi connectivity index (χ2v) is 3.12. The molecule has 0 aliphatic heterocycles. The Morgan fingerprint density at radius 3 is 1.17 bits per heavy atom. The van der Waals surface area contributed by atoms with Crippen molar-refractivity contribution in [1.82, 2.24) is 0 Å². The van der Waals surface area contributed by atoms with Crippen molar-refractivity contribution >= 4 is 21.9 Å². The number of aliphatic hydroxyl groups excluding tert-OH is 8. The van der Waals surface area contributed by atoms with Crippen molar-refractivity contribution in [3.63, 3.8) is 0 Å². The molecule has 0 aromatic heterocycles. The summed E-state index contributed by atoms with van der Waals surface area (Å²) in [5.41, 5.74) is 7.58. The summed E-state index contributed by atoms with van der Waals surface area (Å²) < 4.78 is 0. The fraction of sp³-hybridized carbons (Fsp3) is 0.900. The summed E-state index contributed by atoms with van der Waals surface area (Å²) in [5.74, 6) is -0.609. The van der Waals surface area contributed by atoms with Crippen LogP contribution in [0.5, 0.6) is 0 Å². The molecule has 0 fully saturated rings. The predicted octanol–water partition coefficient (Wildman–Crippen LogP) is -2.97. The van der Waals surface area contributed by atoms with Crippen LogP contribution < -0.4 is 0 Å². The molecular formula is C10H26BrN3O10. The van der Waals surface area contributed by atoms with Crippen LogP contribution in [0.25, 0.3) is 10.4 Å². The molecule has 0 aromatic carbocycles. The second-order valence-electron chi connectivity index (χ2n) is 2.56. The van der Waals surface area contributed by atoms with Gasteiger partial charge in [-0.2, -0.15) is 0 Å². The van der Waals surface area contributed by atoms with Gasteiger partial charge in [0, 0.05) is 4.91 Å². The van der Waals surface area contributed by atoms with E-state index in [4.69, 9.17) is 46.4 Å². The summed E-state index contributed by atoms with van der Waals surface area (Å²) in [4.78, 5) is 16.1. The Kier molecular flexibility index (Phi) is 70.8. The van der Waals surface area contributed by atoms with Crippen LogP contribution in [-0.4, -0.2) is 105 Å². The van der Waals surface area contributed by atoms with Gasteiger partial charge in [-0.15, -0.1) is 0 Å². The molecule has 0 radical (unpaired) electrons. The summed E-state index contributed by atoms with van der Waals surface area (Å²) in [6.07, 6.45) is 0. The number of alkyl halides is 1. The van der Waals surface area contributed by atoms with Crippen molar-refractivity contribution in [3.05, 3.63) is 10.4 Å². The molecule has 0 bridgehead atoms. The lowest BCUT2D eigenvalue weighted by Crippen LogP contribution is -1.98. The monoisotopic (exact) mass is 427 g/mol. The summed E-state index contributed by atoms with van der Waals surface area (Å²) in [6.45, 7) is -1.00. The highest BCUT2D eigenvalue weighted by atomic mass is 79.9. The standard InChI is InChI=1S/C2H2BrN3O2.4C2H6O2/c3-1-2(7)8-6-5-4;4*3-1-2-4/h1H2;4*3-4H,1-2H2. The average molecular weight is 428 g/mol. The largest absolute Gasteiger partial charge is 0.394 e. The van der Waals surface area contributed by atoms with Gasteiger partial charge in [0.15, 0.2) is 0 Å². The van der Waals surface area contributed by atoms with Gasteiger partial charge in [0.2, 0.25) is 0 Å². The fourth-order valence-electron chi connectivity index (χ4n) is 0.0882. The number of carbonyl (C=O) groups is 1. The van der Waals surface area contributed by atoms with E-state index in [1.54, 1.807) is 0 Å². The second kappa shape index (κ2) is 49.5. The highest BCUT2D eigenvalue weighted by Crippen LogP contribution is 1.84. The van der Waals surface area contributed by atoms with Crippen LogP contribution in [-0.2, 0) is 9.63 Å². The molecule has 0 aliphatic rings. The number of hydrogen-bond donors (Lipinski definition) is 8. The van der Waals surface area contributed by atoms with Gasteiger partial charge in [-0.3, -0.25) is 4.79 Å². The van der Waals surface area contributed by atoms with E-state index in [0.717, 1.165) is 0 Å². The van der Waals surface area contributed by atoms with Gasteiger partial charge in [-0.1, -0.05) is 15.9 Å². The molecular weight excluding hydrogens is 402 g/mol. The maximum Gasteiger partial charge on any atom is 0.328 e. The quantitative estimate of drug-likeness (QED) is 0.0703. The van der Waals surface area contributed by atoms with Crippen LogP contribution in [0, 0.1) is 0 Å². The molecule has 13 nitrogen and oxygen atoms in total. The third-order valence-electron chi connectivity index (χ3n) is 0.688. The zero-order chi connectivity index (χ0) is 20.1. The molecule has 0 atom stereocenters. The third-order valence-corrected chi connectivity index (χ3v) is 1.15. The van der Waals surface area contributed by atoms with Crippen LogP contribution in [0.3, 0.4) is 0 Å². The van der Waals surface area contributed by atoms with E-state index in [1.165, 1.54) is 0 Å². The van der Waals surface area contributed by atoms with Crippen LogP contribution >= 0.6 is 15.9 Å². The first-order valence-corrected chi connectivity index (χ1v) is 7.26. The van der Waals surface area contributed by atoms with Gasteiger partial charge in [-0.05, 0) is 5.53 Å². The molecule has 0 spiro atoms. The SMILES string of the molecule is OCCO.OCCO.OCCO.OCCO.[N-]=[N+]=NOC(=O)CBr. The first-order chi connectivity index (χ1) is 11.5. The lowest BCUT2D eigenvalue weighted by molar-refractivity contribution is -0.140. The summed E-state index contributed by atoms with van der Waals surface area (Å²) in [5, 5.41) is 63.6. The molecule has 148 valence electrons. The lowest BCUT2D eigenvalue weighted by Gasteiger charge is -1.84. The highest BCUT2D eigenvalue weighted by molar-refractivity contribution is 9.09. The molecule has 14 heteroatoms. The van der Waals surface area contributed by atoms with Gasteiger partial charge in [0.1, 0.15) is 10.6 Å². The Morgan fingerprint density at radius 2 is 1.04 bits per heavy atom. The molecule has 24 heavy (non-hydrogen) atoms. The molecule has 0 saturated heterocycles. The van der Waals surface area contributed by atoms with Gasteiger partial charge >= 0.3 is 5.97 Å². The van der Waals surface area contributed by atoms with Gasteiger partial charge in [-0.25, -0.2) is 0 Å². The molecule has 0 aromatic rings. The minimum absolute atomic E-state index is 0.0337. The number of carbonyl (C=O) groups excluding carboxylic acids is 1. The van der Waals surface area contributed by atoms with E-state index in [-0.39, 0.29) is 58.2 Å². The molecule has 8 N–H and O–H groups in total. The molecule has 0 amide bonds. The highest BCUT2D eigenvalue weighted by Gasteiger charge is 1.93. The van der Waals surface area contributed by atoms with Crippen molar-refractivity contribution in [2.75, 3.05) is 58.2 Å². The smallest absolute Gasteiger partial charge is 0.328 e. The molecule has 0 aliphatic carbocycles. The Morgan fingerprint density at radius 1 is 0.792 bits per heavy atom. The summed E-state index contributed by atoms with van der Waals surface area (Å²) in [7, 11) is 0. The van der Waals surface area contributed by atoms with Crippen molar-refractivity contribution in [3.8, 4) is 0 Å². The van der Waals surface area contributed by atoms with E-state index in [9.17, 15) is 4.79 Å². The minimum atomic E-state index is -0.609. The maximum atomic E-state index is 10.0. The van der Waals surface area contributed by atoms with Gasteiger partial charge < -0.3 is 45.7 Å². The Balaban J connectivity index is -0.0000000657. The zero-order valence-corrected chi connectivity index (χ0v) is 14.6. The van der Waals surface area contributed by atoms with Crippen LogP contribution in [0.1, 0.15) is 0 Å². The third kappa shape index (κ3) is 104. The molecule has 0 heterocycles. The van der Waals surface area contributed by atoms with E-state index in [1.807, 2.05) is 0 Å². The van der Waals surface area contributed by atoms with E-state index < -0.39 is 5.97 Å². The van der Waals surface area contributed by atoms with Crippen LogP contribution in [0.4, 0.5) is 0 Å². The van der Waals surface area contributed by atoms with Crippen molar-refractivity contribution < 1.29 is 50.5 Å². The number of rotatable bonds is 6. The normalized spacial score (nSPS) is 7.38. The van der Waals surface area contributed by atoms with Crippen molar-refractivity contribution in [2.45, 2.75) is 0 Å². The maximum absolute atomic E-state index is 10.0. The molecule has 0 saturated carbocycles. The number of hydrogen-bond acceptors (Lipinski definition) is 11. The van der Waals surface area contributed by atoms with Gasteiger partial charge in [0.25, 0.3) is 0 Å². The Labute approximate surface area is 147 Å². The van der Waals surface area contributed by atoms with Gasteiger partial charge in [0.05, 0.1) is 52.9 Å². The fourth-order valence-corrected chi connectivity index (χ4v) is 0.191. The number of aliphatic hydroxyl groups is 8. The lowest BCUT2D eigenvalue weighted by atomic mass is 10.8. The van der Waals surface area contributed by atoms with Crippen molar-refractivity contribution in [1.29, 1.82) is 0 Å². The van der Waals surface area contributed by atoms with Crippen LogP contribution in [0.15, 0.2) is 5.28 Å². The topological polar surface area (TPSA) is 237 Å².